The number of benzene rings is 1. The Bertz CT molecular complexity index is 576. The molecule has 21 heavy (non-hydrogen) atoms. The molecule has 0 aliphatic carbocycles. The van der Waals surface area contributed by atoms with Crippen LogP contribution in [0.1, 0.15) is 6.42 Å². The predicted molar refractivity (Wildman–Crippen MR) is 73.7 cm³/mol. The number of rotatable bonds is 8. The quantitative estimate of drug-likeness (QED) is 0.669. The van der Waals surface area contributed by atoms with Gasteiger partial charge in [0.2, 0.25) is 10.0 Å². The molecule has 0 aliphatic rings. The highest BCUT2D eigenvalue weighted by Crippen LogP contribution is 2.17. The van der Waals surface area contributed by atoms with Gasteiger partial charge in [0.15, 0.2) is 0 Å². The molecule has 0 fully saturated rings. The maximum Gasteiger partial charge on any atom is 0.306 e. The van der Waals surface area contributed by atoms with E-state index < -0.39 is 21.8 Å². The van der Waals surface area contributed by atoms with Gasteiger partial charge in [-0.25, -0.2) is 12.8 Å². The summed E-state index contributed by atoms with van der Waals surface area (Å²) in [7, 11) is -1.23. The van der Waals surface area contributed by atoms with E-state index in [4.69, 9.17) is 4.74 Å². The Morgan fingerprint density at radius 3 is 2.57 bits per heavy atom. The maximum absolute atomic E-state index is 13.2. The minimum absolute atomic E-state index is 0.0606. The highest BCUT2D eigenvalue weighted by atomic mass is 32.2. The molecule has 0 saturated carbocycles. The van der Waals surface area contributed by atoms with E-state index in [1.54, 1.807) is 0 Å². The van der Waals surface area contributed by atoms with Crippen LogP contribution in [0.15, 0.2) is 29.2 Å². The zero-order valence-corrected chi connectivity index (χ0v) is 12.7. The number of hydrogen-bond donors (Lipinski definition) is 0. The number of ether oxygens (including phenoxy) is 2. The summed E-state index contributed by atoms with van der Waals surface area (Å²) in [4.78, 5) is 11.0. The van der Waals surface area contributed by atoms with Crippen molar-refractivity contribution in [2.24, 2.45) is 0 Å². The van der Waals surface area contributed by atoms with Crippen molar-refractivity contribution in [3.63, 3.8) is 0 Å². The van der Waals surface area contributed by atoms with Gasteiger partial charge >= 0.3 is 5.97 Å². The topological polar surface area (TPSA) is 72.9 Å². The molecule has 0 N–H and O–H groups in total. The lowest BCUT2D eigenvalue weighted by atomic mass is 10.4. The second-order valence-electron chi connectivity index (χ2n) is 4.18. The summed E-state index contributed by atoms with van der Waals surface area (Å²) >= 11 is 0. The number of sulfonamides is 1. The smallest absolute Gasteiger partial charge is 0.306 e. The van der Waals surface area contributed by atoms with Crippen LogP contribution in [0.2, 0.25) is 0 Å². The van der Waals surface area contributed by atoms with E-state index in [-0.39, 0.29) is 31.0 Å². The van der Waals surface area contributed by atoms with Crippen molar-refractivity contribution in [1.82, 2.24) is 4.31 Å². The summed E-state index contributed by atoms with van der Waals surface area (Å²) in [5.41, 5.74) is 0. The first-order chi connectivity index (χ1) is 9.91. The molecule has 0 spiro atoms. The van der Waals surface area contributed by atoms with Crippen LogP contribution in [0.4, 0.5) is 4.39 Å². The molecule has 0 radical (unpaired) electrons. The highest BCUT2D eigenvalue weighted by Gasteiger charge is 2.25. The standard InChI is InChI=1S/C13H18FNO5S/c1-19-9-8-15(7-6-13(16)20-2)21(17,18)12-5-3-4-11(14)10-12/h3-5,10H,6-9H2,1-2H3. The van der Waals surface area contributed by atoms with Crippen LogP contribution >= 0.6 is 0 Å². The Morgan fingerprint density at radius 2 is 2.00 bits per heavy atom. The van der Waals surface area contributed by atoms with E-state index >= 15 is 0 Å². The van der Waals surface area contributed by atoms with Crippen LogP contribution in [-0.2, 0) is 24.3 Å². The minimum Gasteiger partial charge on any atom is -0.469 e. The lowest BCUT2D eigenvalue weighted by molar-refractivity contribution is -0.140. The Balaban J connectivity index is 2.96. The fourth-order valence-corrected chi connectivity index (χ4v) is 3.10. The second-order valence-corrected chi connectivity index (χ2v) is 6.12. The monoisotopic (exact) mass is 319 g/mol. The molecular formula is C13H18FNO5S. The molecule has 0 heterocycles. The number of carbonyl (C=O) groups excluding carboxylic acids is 1. The van der Waals surface area contributed by atoms with Gasteiger partial charge in [-0.05, 0) is 18.2 Å². The third kappa shape index (κ3) is 5.07. The number of esters is 1. The Morgan fingerprint density at radius 1 is 1.29 bits per heavy atom. The lowest BCUT2D eigenvalue weighted by Crippen LogP contribution is -2.35. The summed E-state index contributed by atoms with van der Waals surface area (Å²) in [6.07, 6.45) is -0.0885. The van der Waals surface area contributed by atoms with Crippen LogP contribution < -0.4 is 0 Å². The summed E-state index contributed by atoms with van der Waals surface area (Å²) in [5.74, 6) is -1.16. The van der Waals surface area contributed by atoms with Gasteiger partial charge in [0, 0.05) is 20.2 Å². The van der Waals surface area contributed by atoms with Crippen molar-refractivity contribution >= 4 is 16.0 Å². The third-order valence-electron chi connectivity index (χ3n) is 2.77. The Labute approximate surface area is 123 Å². The van der Waals surface area contributed by atoms with Crippen molar-refractivity contribution < 1.29 is 27.1 Å². The molecule has 118 valence electrons. The third-order valence-corrected chi connectivity index (χ3v) is 4.67. The normalized spacial score (nSPS) is 11.6. The van der Waals surface area contributed by atoms with Gasteiger partial charge in [0.05, 0.1) is 25.0 Å². The number of nitrogens with zero attached hydrogens (tertiary/aromatic N) is 1. The summed E-state index contributed by atoms with van der Waals surface area (Å²) in [5, 5.41) is 0. The van der Waals surface area contributed by atoms with Crippen molar-refractivity contribution in [2.45, 2.75) is 11.3 Å². The maximum atomic E-state index is 13.2. The van der Waals surface area contributed by atoms with Gasteiger partial charge in [-0.2, -0.15) is 4.31 Å². The fraction of sp³-hybridized carbons (Fsp3) is 0.462. The average Bonchev–Trinajstić information content (AvgIpc) is 2.46. The highest BCUT2D eigenvalue weighted by molar-refractivity contribution is 7.89. The summed E-state index contributed by atoms with van der Waals surface area (Å²) in [6.45, 7) is 0.164. The molecule has 0 amide bonds. The summed E-state index contributed by atoms with van der Waals surface area (Å²) in [6, 6.07) is 4.72. The van der Waals surface area contributed by atoms with Crippen molar-refractivity contribution in [3.05, 3.63) is 30.1 Å². The van der Waals surface area contributed by atoms with Gasteiger partial charge in [-0.1, -0.05) is 6.07 Å². The van der Waals surface area contributed by atoms with Crippen LogP contribution in [0.5, 0.6) is 0 Å². The largest absolute Gasteiger partial charge is 0.469 e. The minimum atomic E-state index is -3.89. The Hall–Kier alpha value is -1.51. The molecule has 0 saturated heterocycles. The molecule has 8 heteroatoms. The van der Waals surface area contributed by atoms with Crippen molar-refractivity contribution in [2.75, 3.05) is 33.9 Å². The van der Waals surface area contributed by atoms with Gasteiger partial charge in [-0.15, -0.1) is 0 Å². The summed E-state index contributed by atoms with van der Waals surface area (Å²) < 4.78 is 48.5. The molecule has 1 aromatic carbocycles. The molecule has 0 unspecified atom stereocenters. The first kappa shape index (κ1) is 17.5. The van der Waals surface area contributed by atoms with E-state index in [2.05, 4.69) is 4.74 Å². The predicted octanol–water partition coefficient (Wildman–Crippen LogP) is 1.03. The molecule has 0 aromatic heterocycles. The van der Waals surface area contributed by atoms with Gasteiger partial charge in [0.1, 0.15) is 5.82 Å². The van der Waals surface area contributed by atoms with E-state index in [1.807, 2.05) is 0 Å². The van der Waals surface area contributed by atoms with Crippen LogP contribution in [0.3, 0.4) is 0 Å². The fourth-order valence-electron chi connectivity index (χ4n) is 1.64. The number of methoxy groups -OCH3 is 2. The van der Waals surface area contributed by atoms with Crippen LogP contribution in [0, 0.1) is 5.82 Å². The van der Waals surface area contributed by atoms with Crippen molar-refractivity contribution in [1.29, 1.82) is 0 Å². The molecule has 1 aromatic rings. The molecule has 0 bridgehead atoms. The average molecular weight is 319 g/mol. The van der Waals surface area contributed by atoms with Gasteiger partial charge in [0.25, 0.3) is 0 Å². The molecule has 0 aliphatic heterocycles. The van der Waals surface area contributed by atoms with E-state index in [0.717, 1.165) is 16.4 Å². The molecule has 6 nitrogen and oxygen atoms in total. The first-order valence-corrected chi connectivity index (χ1v) is 7.67. The van der Waals surface area contributed by atoms with E-state index in [0.29, 0.717) is 0 Å². The number of hydrogen-bond acceptors (Lipinski definition) is 5. The van der Waals surface area contributed by atoms with Crippen molar-refractivity contribution in [3.8, 4) is 0 Å². The van der Waals surface area contributed by atoms with E-state index in [9.17, 15) is 17.6 Å². The zero-order chi connectivity index (χ0) is 15.9. The Kier molecular flexibility index (Phi) is 6.73. The molecular weight excluding hydrogens is 301 g/mol. The van der Waals surface area contributed by atoms with E-state index in [1.165, 1.54) is 26.4 Å². The van der Waals surface area contributed by atoms with Crippen LogP contribution in [0.25, 0.3) is 0 Å². The van der Waals surface area contributed by atoms with Crippen LogP contribution in [-0.4, -0.2) is 52.6 Å². The second kappa shape index (κ2) is 8.06. The first-order valence-electron chi connectivity index (χ1n) is 6.23. The van der Waals surface area contributed by atoms with Gasteiger partial charge in [-0.3, -0.25) is 4.79 Å². The zero-order valence-electron chi connectivity index (χ0n) is 11.9. The number of halogens is 1. The van der Waals surface area contributed by atoms with Gasteiger partial charge < -0.3 is 9.47 Å². The number of carbonyl (C=O) groups is 1. The lowest BCUT2D eigenvalue weighted by Gasteiger charge is -2.21. The molecule has 1 rings (SSSR count). The molecule has 0 atom stereocenters. The SMILES string of the molecule is COCCN(CCC(=O)OC)S(=O)(=O)c1cccc(F)c1.